The number of aromatic nitrogens is 3. The molecule has 0 saturated carbocycles. The molecular formula is C11H12N4O2. The summed E-state index contributed by atoms with van der Waals surface area (Å²) in [6.07, 6.45) is 2.05. The van der Waals surface area contributed by atoms with Crippen LogP contribution in [-0.4, -0.2) is 21.7 Å². The number of ether oxygens (including phenoxy) is 1. The zero-order valence-corrected chi connectivity index (χ0v) is 9.65. The minimum atomic E-state index is -0.175. The van der Waals surface area contributed by atoms with Crippen molar-refractivity contribution < 1.29 is 4.74 Å². The molecule has 0 amide bonds. The molecule has 17 heavy (non-hydrogen) atoms. The molecule has 6 heteroatoms. The van der Waals surface area contributed by atoms with E-state index in [-0.39, 0.29) is 12.2 Å². The lowest BCUT2D eigenvalue weighted by Crippen LogP contribution is -2.22. The van der Waals surface area contributed by atoms with Crippen molar-refractivity contribution in [3.63, 3.8) is 0 Å². The molecule has 0 bridgehead atoms. The number of methoxy groups -OCH3 is 1. The van der Waals surface area contributed by atoms with Gasteiger partial charge in [0, 0.05) is 18.9 Å². The second-order valence-corrected chi connectivity index (χ2v) is 3.59. The maximum atomic E-state index is 12.1. The van der Waals surface area contributed by atoms with Crippen molar-refractivity contribution in [2.24, 2.45) is 0 Å². The molecule has 88 valence electrons. The maximum absolute atomic E-state index is 12.1. The normalized spacial score (nSPS) is 10.6. The van der Waals surface area contributed by atoms with Gasteiger partial charge in [0.15, 0.2) is 5.65 Å². The van der Waals surface area contributed by atoms with Crippen molar-refractivity contribution in [1.29, 1.82) is 5.26 Å². The van der Waals surface area contributed by atoms with Crippen LogP contribution in [0, 0.1) is 11.3 Å². The number of hydrogen-bond acceptors (Lipinski definition) is 4. The molecule has 0 fully saturated rings. The van der Waals surface area contributed by atoms with E-state index in [2.05, 4.69) is 10.1 Å². The van der Waals surface area contributed by atoms with Gasteiger partial charge in [0.2, 0.25) is 0 Å². The molecule has 0 aliphatic rings. The number of nitriles is 1. The fraction of sp³-hybridized carbons (Fsp3) is 0.364. The third-order valence-electron chi connectivity index (χ3n) is 2.60. The minimum absolute atomic E-state index is 0.175. The number of rotatable bonds is 3. The summed E-state index contributed by atoms with van der Waals surface area (Å²) in [5.41, 5.74) is 1.72. The average molecular weight is 232 g/mol. The fourth-order valence-corrected chi connectivity index (χ4v) is 1.79. The Kier molecular flexibility index (Phi) is 2.93. The van der Waals surface area contributed by atoms with Crippen LogP contribution in [0.4, 0.5) is 0 Å². The van der Waals surface area contributed by atoms with E-state index in [4.69, 9.17) is 10.00 Å². The standard InChI is InChI=1S/C11H12N4O2/c1-3-8-9(6-17-2)14-10-7(4-12)5-13-15(10)11(8)16/h5,13H,3,6H2,1-2H3. The van der Waals surface area contributed by atoms with Crippen LogP contribution in [0.3, 0.4) is 0 Å². The summed E-state index contributed by atoms with van der Waals surface area (Å²) in [5.74, 6) is 0. The zero-order valence-electron chi connectivity index (χ0n) is 9.65. The molecule has 1 N–H and O–H groups in total. The van der Waals surface area contributed by atoms with E-state index in [9.17, 15) is 4.79 Å². The molecule has 6 nitrogen and oxygen atoms in total. The van der Waals surface area contributed by atoms with Gasteiger partial charge in [-0.3, -0.25) is 9.89 Å². The third-order valence-corrected chi connectivity index (χ3v) is 2.60. The second kappa shape index (κ2) is 4.39. The molecule has 0 atom stereocenters. The maximum Gasteiger partial charge on any atom is 0.276 e. The molecule has 2 heterocycles. The van der Waals surface area contributed by atoms with E-state index in [1.165, 1.54) is 10.7 Å². The SMILES string of the molecule is CCc1c(COC)nc2c(C#N)c[nH]n2c1=O. The Morgan fingerprint density at radius 1 is 1.65 bits per heavy atom. The summed E-state index contributed by atoms with van der Waals surface area (Å²) in [5, 5.41) is 11.6. The molecule has 0 aromatic carbocycles. The number of H-pyrrole nitrogens is 1. The molecule has 0 saturated heterocycles. The number of fused-ring (bicyclic) bond motifs is 1. The van der Waals surface area contributed by atoms with Gasteiger partial charge in [-0.25, -0.2) is 9.50 Å². The van der Waals surface area contributed by atoms with Crippen molar-refractivity contribution in [3.05, 3.63) is 33.4 Å². The predicted octanol–water partition coefficient (Wildman–Crippen LogP) is 0.603. The number of aromatic amines is 1. The highest BCUT2D eigenvalue weighted by Gasteiger charge is 2.14. The first kappa shape index (κ1) is 11.4. The lowest BCUT2D eigenvalue weighted by molar-refractivity contribution is 0.180. The van der Waals surface area contributed by atoms with Gasteiger partial charge >= 0.3 is 0 Å². The summed E-state index contributed by atoms with van der Waals surface area (Å²) in [6, 6.07) is 1.99. The van der Waals surface area contributed by atoms with Gasteiger partial charge in [-0.05, 0) is 6.42 Å². The van der Waals surface area contributed by atoms with Gasteiger partial charge < -0.3 is 4.74 Å². The molecule has 2 aromatic rings. The monoisotopic (exact) mass is 232 g/mol. The predicted molar refractivity (Wildman–Crippen MR) is 60.6 cm³/mol. The van der Waals surface area contributed by atoms with E-state index in [1.807, 2.05) is 13.0 Å². The van der Waals surface area contributed by atoms with Crippen molar-refractivity contribution in [3.8, 4) is 6.07 Å². The quantitative estimate of drug-likeness (QED) is 0.840. The second-order valence-electron chi connectivity index (χ2n) is 3.59. The first-order valence-electron chi connectivity index (χ1n) is 5.23. The van der Waals surface area contributed by atoms with Gasteiger partial charge in [-0.15, -0.1) is 0 Å². The first-order valence-corrected chi connectivity index (χ1v) is 5.23. The fourth-order valence-electron chi connectivity index (χ4n) is 1.79. The van der Waals surface area contributed by atoms with Crippen LogP contribution in [0.15, 0.2) is 11.0 Å². The van der Waals surface area contributed by atoms with E-state index in [0.29, 0.717) is 28.9 Å². The van der Waals surface area contributed by atoms with Crippen LogP contribution in [0.2, 0.25) is 0 Å². The largest absolute Gasteiger partial charge is 0.378 e. The van der Waals surface area contributed by atoms with Gasteiger partial charge in [0.05, 0.1) is 12.3 Å². The molecule has 0 aliphatic carbocycles. The summed E-state index contributed by atoms with van der Waals surface area (Å²) in [4.78, 5) is 16.4. The zero-order chi connectivity index (χ0) is 12.4. The Morgan fingerprint density at radius 3 is 3.00 bits per heavy atom. The van der Waals surface area contributed by atoms with Crippen LogP contribution >= 0.6 is 0 Å². The van der Waals surface area contributed by atoms with Crippen LogP contribution in [-0.2, 0) is 17.8 Å². The Hall–Kier alpha value is -2.13. The summed E-state index contributed by atoms with van der Waals surface area (Å²) in [7, 11) is 1.55. The smallest absolute Gasteiger partial charge is 0.276 e. The molecule has 0 unspecified atom stereocenters. The molecule has 0 spiro atoms. The van der Waals surface area contributed by atoms with Crippen molar-refractivity contribution in [1.82, 2.24) is 14.6 Å². The molecule has 0 aliphatic heterocycles. The van der Waals surface area contributed by atoms with E-state index in [1.54, 1.807) is 7.11 Å². The lowest BCUT2D eigenvalue weighted by Gasteiger charge is -2.05. The van der Waals surface area contributed by atoms with Gasteiger partial charge in [0.25, 0.3) is 5.56 Å². The van der Waals surface area contributed by atoms with E-state index >= 15 is 0 Å². The van der Waals surface area contributed by atoms with Crippen LogP contribution in [0.1, 0.15) is 23.7 Å². The lowest BCUT2D eigenvalue weighted by atomic mass is 10.2. The topological polar surface area (TPSA) is 83.2 Å². The molecule has 2 aromatic heterocycles. The van der Waals surface area contributed by atoms with Crippen molar-refractivity contribution >= 4 is 5.65 Å². The Labute approximate surface area is 97.4 Å². The molecule has 0 radical (unpaired) electrons. The third kappa shape index (κ3) is 1.70. The van der Waals surface area contributed by atoms with E-state index in [0.717, 1.165) is 0 Å². The number of hydrogen-bond donors (Lipinski definition) is 1. The van der Waals surface area contributed by atoms with Crippen LogP contribution in [0.5, 0.6) is 0 Å². The summed E-state index contributed by atoms with van der Waals surface area (Å²) >= 11 is 0. The Bertz CT molecular complexity index is 648. The highest BCUT2D eigenvalue weighted by Crippen LogP contribution is 2.09. The van der Waals surface area contributed by atoms with E-state index < -0.39 is 0 Å². The highest BCUT2D eigenvalue weighted by molar-refractivity contribution is 5.54. The number of nitrogens with one attached hydrogen (secondary N) is 1. The van der Waals surface area contributed by atoms with Crippen LogP contribution in [0.25, 0.3) is 5.65 Å². The summed E-state index contributed by atoms with van der Waals surface area (Å²) < 4.78 is 6.31. The molecular weight excluding hydrogens is 220 g/mol. The van der Waals surface area contributed by atoms with Crippen molar-refractivity contribution in [2.45, 2.75) is 20.0 Å². The Balaban J connectivity index is 2.81. The van der Waals surface area contributed by atoms with Crippen molar-refractivity contribution in [2.75, 3.05) is 7.11 Å². The molecule has 2 rings (SSSR count). The summed E-state index contributed by atoms with van der Waals surface area (Å²) in [6.45, 7) is 2.16. The highest BCUT2D eigenvalue weighted by atomic mass is 16.5. The first-order chi connectivity index (χ1) is 8.22. The minimum Gasteiger partial charge on any atom is -0.378 e. The van der Waals surface area contributed by atoms with Gasteiger partial charge in [-0.2, -0.15) is 5.26 Å². The average Bonchev–Trinajstić information content (AvgIpc) is 2.73. The Morgan fingerprint density at radius 2 is 2.41 bits per heavy atom. The van der Waals surface area contributed by atoms with Gasteiger partial charge in [-0.1, -0.05) is 6.92 Å². The van der Waals surface area contributed by atoms with Crippen LogP contribution < -0.4 is 5.56 Å². The van der Waals surface area contributed by atoms with Gasteiger partial charge in [0.1, 0.15) is 11.6 Å². The number of nitrogens with zero attached hydrogens (tertiary/aromatic N) is 3.